The van der Waals surface area contributed by atoms with Crippen LogP contribution in [0.3, 0.4) is 0 Å². The fourth-order valence-electron chi connectivity index (χ4n) is 4.08. The Bertz CT molecular complexity index is 1240. The number of nitrogens with one attached hydrogen (secondary N) is 3. The number of benzene rings is 2. The molecule has 1 amide bonds. The third-order valence-corrected chi connectivity index (χ3v) is 7.87. The number of carbonyl (C=O) groups is 1. The second-order valence-corrected chi connectivity index (χ2v) is 12.6. The molecule has 0 radical (unpaired) electrons. The number of nitrogens with zero attached hydrogens (tertiary/aromatic N) is 3. The molecule has 0 atom stereocenters. The summed E-state index contributed by atoms with van der Waals surface area (Å²) in [6.45, 7) is 5.32. The second kappa shape index (κ2) is 10.8. The summed E-state index contributed by atoms with van der Waals surface area (Å²) in [5.41, 5.74) is 2.07. The van der Waals surface area contributed by atoms with E-state index in [1.54, 1.807) is 25.5 Å². The molecule has 0 unspecified atom stereocenters. The zero-order chi connectivity index (χ0) is 25.0. The Morgan fingerprint density at radius 2 is 1.77 bits per heavy atom. The molecule has 1 fully saturated rings. The van der Waals surface area contributed by atoms with Crippen molar-refractivity contribution in [1.29, 1.82) is 0 Å². The minimum Gasteiger partial charge on any atom is -0.339 e. The minimum atomic E-state index is -2.50. The van der Waals surface area contributed by atoms with Gasteiger partial charge in [0.05, 0.1) is 11.9 Å². The van der Waals surface area contributed by atoms with Gasteiger partial charge in [0, 0.05) is 29.6 Å². The predicted octanol–water partition coefficient (Wildman–Crippen LogP) is 4.69. The molecule has 4 rings (SSSR count). The highest BCUT2D eigenvalue weighted by Crippen LogP contribution is 2.38. The lowest BCUT2D eigenvalue weighted by Crippen LogP contribution is -2.43. The van der Waals surface area contributed by atoms with Crippen molar-refractivity contribution in [3.05, 3.63) is 65.3 Å². The van der Waals surface area contributed by atoms with E-state index in [9.17, 15) is 9.36 Å². The number of hydrogen-bond acceptors (Lipinski definition) is 7. The second-order valence-electron chi connectivity index (χ2n) is 8.98. The molecule has 0 bridgehead atoms. The topological polar surface area (TPSA) is 99.3 Å². The van der Waals surface area contributed by atoms with Crippen LogP contribution >= 0.6 is 18.7 Å². The van der Waals surface area contributed by atoms with Crippen LogP contribution in [-0.4, -0.2) is 60.3 Å². The summed E-state index contributed by atoms with van der Waals surface area (Å²) in [5, 5.41) is 10.7. The summed E-state index contributed by atoms with van der Waals surface area (Å²) in [7, 11) is -0.633. The lowest BCUT2D eigenvalue weighted by Gasteiger charge is -2.31. The van der Waals surface area contributed by atoms with Gasteiger partial charge in [-0.1, -0.05) is 23.7 Å². The zero-order valence-corrected chi connectivity index (χ0v) is 21.7. The maximum Gasteiger partial charge on any atom is 0.253 e. The number of amides is 1. The van der Waals surface area contributed by atoms with E-state index in [2.05, 4.69) is 25.9 Å². The molecular weight excluding hydrogens is 483 g/mol. The molecule has 35 heavy (non-hydrogen) atoms. The van der Waals surface area contributed by atoms with Gasteiger partial charge >= 0.3 is 0 Å². The summed E-state index contributed by atoms with van der Waals surface area (Å²) < 4.78 is 12.7. The van der Waals surface area contributed by atoms with Crippen LogP contribution in [0, 0.1) is 0 Å². The maximum absolute atomic E-state index is 12.9. The van der Waals surface area contributed by atoms with E-state index in [0.29, 0.717) is 28.0 Å². The number of anilines is 4. The number of aromatic nitrogens is 2. The third kappa shape index (κ3) is 6.20. The van der Waals surface area contributed by atoms with Gasteiger partial charge in [-0.25, -0.2) is 4.98 Å². The number of carbonyl (C=O) groups excluding carboxylic acids is 1. The van der Waals surface area contributed by atoms with Crippen LogP contribution in [0.1, 0.15) is 23.2 Å². The fourth-order valence-corrected chi connectivity index (χ4v) is 5.37. The highest BCUT2D eigenvalue weighted by molar-refractivity contribution is 7.70. The molecule has 184 valence electrons. The smallest absolute Gasteiger partial charge is 0.253 e. The van der Waals surface area contributed by atoms with Crippen LogP contribution in [0.15, 0.2) is 54.7 Å². The standard InChI is InChI=1S/C25H30ClN6O2P/c1-32(19-12-14-27-15-13-19)24(33)17-8-10-18(11-9-17)29-25-28-16-20(26)23(31-25)30-21-6-4-5-7-22(21)35(2,3)34/h4-11,16,19,27H,12-15H2,1-3H3,(H2,28,29,30,31). The van der Waals surface area contributed by atoms with Crippen LogP contribution in [0.2, 0.25) is 5.02 Å². The first kappa shape index (κ1) is 25.2. The highest BCUT2D eigenvalue weighted by atomic mass is 35.5. The van der Waals surface area contributed by atoms with Gasteiger partial charge < -0.3 is 25.4 Å². The first-order valence-corrected chi connectivity index (χ1v) is 14.5. The molecule has 0 saturated carbocycles. The van der Waals surface area contributed by atoms with Crippen molar-refractivity contribution in [3.63, 3.8) is 0 Å². The van der Waals surface area contributed by atoms with Crippen LogP contribution < -0.4 is 21.3 Å². The number of para-hydroxylation sites is 1. The molecule has 1 saturated heterocycles. The molecule has 0 spiro atoms. The van der Waals surface area contributed by atoms with Gasteiger partial charge in [0.1, 0.15) is 12.2 Å². The van der Waals surface area contributed by atoms with Crippen molar-refractivity contribution in [1.82, 2.24) is 20.2 Å². The number of halogens is 1. The van der Waals surface area contributed by atoms with Crippen LogP contribution in [0.25, 0.3) is 0 Å². The van der Waals surface area contributed by atoms with E-state index >= 15 is 0 Å². The fraction of sp³-hybridized carbons (Fsp3) is 0.320. The third-order valence-electron chi connectivity index (χ3n) is 6.05. The van der Waals surface area contributed by atoms with E-state index in [1.165, 1.54) is 6.20 Å². The molecule has 3 N–H and O–H groups in total. The van der Waals surface area contributed by atoms with Crippen molar-refractivity contribution in [3.8, 4) is 0 Å². The van der Waals surface area contributed by atoms with E-state index in [0.717, 1.165) is 36.9 Å². The average molecular weight is 513 g/mol. The molecular formula is C25H30ClN6O2P. The first-order valence-electron chi connectivity index (χ1n) is 11.5. The Hall–Kier alpha value is -2.93. The van der Waals surface area contributed by atoms with Gasteiger partial charge in [0.25, 0.3) is 5.91 Å². The van der Waals surface area contributed by atoms with Crippen LogP contribution in [-0.2, 0) is 4.57 Å². The van der Waals surface area contributed by atoms with Crippen molar-refractivity contribution in [2.24, 2.45) is 0 Å². The predicted molar refractivity (Wildman–Crippen MR) is 144 cm³/mol. The summed E-state index contributed by atoms with van der Waals surface area (Å²) >= 11 is 6.33. The normalized spacial score (nSPS) is 14.4. The Kier molecular flexibility index (Phi) is 7.75. The molecule has 2 aromatic carbocycles. The molecule has 8 nitrogen and oxygen atoms in total. The van der Waals surface area contributed by atoms with Gasteiger partial charge in [-0.15, -0.1) is 0 Å². The van der Waals surface area contributed by atoms with E-state index in [4.69, 9.17) is 11.6 Å². The van der Waals surface area contributed by atoms with Crippen LogP contribution in [0.4, 0.5) is 23.1 Å². The van der Waals surface area contributed by atoms with Gasteiger partial charge in [0.15, 0.2) is 5.82 Å². The molecule has 0 aliphatic carbocycles. The highest BCUT2D eigenvalue weighted by Gasteiger charge is 2.23. The van der Waals surface area contributed by atoms with Crippen molar-refractivity contribution < 1.29 is 9.36 Å². The quantitative estimate of drug-likeness (QED) is 0.395. The summed E-state index contributed by atoms with van der Waals surface area (Å²) in [6.07, 6.45) is 3.43. The maximum atomic E-state index is 12.9. The zero-order valence-electron chi connectivity index (χ0n) is 20.1. The number of piperidine rings is 1. The largest absolute Gasteiger partial charge is 0.339 e. The molecule has 2 heterocycles. The summed E-state index contributed by atoms with van der Waals surface area (Å²) in [5.74, 6) is 0.761. The Balaban J connectivity index is 1.47. The minimum absolute atomic E-state index is 0.0143. The Morgan fingerprint density at radius 3 is 2.46 bits per heavy atom. The van der Waals surface area contributed by atoms with Crippen LogP contribution in [0.5, 0.6) is 0 Å². The van der Waals surface area contributed by atoms with Gasteiger partial charge in [-0.3, -0.25) is 4.79 Å². The van der Waals surface area contributed by atoms with Crippen molar-refractivity contribution in [2.45, 2.75) is 18.9 Å². The number of rotatable bonds is 7. The molecule has 1 aromatic heterocycles. The first-order chi connectivity index (χ1) is 16.7. The summed E-state index contributed by atoms with van der Waals surface area (Å²) in [4.78, 5) is 23.5. The molecule has 1 aliphatic rings. The molecule has 1 aliphatic heterocycles. The summed E-state index contributed by atoms with van der Waals surface area (Å²) in [6, 6.07) is 14.9. The van der Waals surface area contributed by atoms with Gasteiger partial charge in [0.2, 0.25) is 5.95 Å². The molecule has 3 aromatic rings. The molecule has 10 heteroatoms. The van der Waals surface area contributed by atoms with E-state index in [-0.39, 0.29) is 11.9 Å². The monoisotopic (exact) mass is 512 g/mol. The SMILES string of the molecule is CN(C(=O)c1ccc(Nc2ncc(Cl)c(Nc3ccccc3P(C)(C)=O)n2)cc1)C1CCNCC1. The van der Waals surface area contributed by atoms with Gasteiger partial charge in [-0.2, -0.15) is 4.98 Å². The Labute approximate surface area is 210 Å². The van der Waals surface area contributed by atoms with E-state index < -0.39 is 7.14 Å². The lowest BCUT2D eigenvalue weighted by molar-refractivity contribution is 0.0703. The lowest BCUT2D eigenvalue weighted by atomic mass is 10.0. The van der Waals surface area contributed by atoms with Gasteiger partial charge in [-0.05, 0) is 75.7 Å². The Morgan fingerprint density at radius 1 is 1.09 bits per heavy atom. The van der Waals surface area contributed by atoms with E-state index in [1.807, 2.05) is 48.3 Å². The van der Waals surface area contributed by atoms with Crippen molar-refractivity contribution in [2.75, 3.05) is 44.1 Å². The average Bonchev–Trinajstić information content (AvgIpc) is 2.86. The number of hydrogen-bond donors (Lipinski definition) is 3. The van der Waals surface area contributed by atoms with Crippen molar-refractivity contribution >= 4 is 53.1 Å².